The SMILES string of the molecule is C=CC(=O)OCC(C)OC(=O)Nc1cc(NC(=O)OCC(CC)CCCC)ccc1C. The number of aryl methyl sites for hydroxylation is 1. The second kappa shape index (κ2) is 14.1. The molecule has 1 rings (SSSR count). The summed E-state index contributed by atoms with van der Waals surface area (Å²) in [4.78, 5) is 35.3. The predicted molar refractivity (Wildman–Crippen MR) is 120 cm³/mol. The number of hydrogen-bond acceptors (Lipinski definition) is 6. The van der Waals surface area contributed by atoms with E-state index in [1.165, 1.54) is 0 Å². The quantitative estimate of drug-likeness (QED) is 0.258. The Hall–Kier alpha value is -3.03. The molecule has 0 saturated carbocycles. The van der Waals surface area contributed by atoms with Gasteiger partial charge in [0.2, 0.25) is 0 Å². The molecule has 0 fully saturated rings. The molecule has 8 nitrogen and oxygen atoms in total. The number of hydrogen-bond donors (Lipinski definition) is 2. The third-order valence-corrected chi connectivity index (χ3v) is 4.65. The van der Waals surface area contributed by atoms with E-state index in [0.29, 0.717) is 23.9 Å². The molecule has 0 bridgehead atoms. The molecule has 31 heavy (non-hydrogen) atoms. The summed E-state index contributed by atoms with van der Waals surface area (Å²) in [7, 11) is 0. The fourth-order valence-electron chi connectivity index (χ4n) is 2.69. The highest BCUT2D eigenvalue weighted by molar-refractivity contribution is 5.89. The second-order valence-corrected chi connectivity index (χ2v) is 7.34. The van der Waals surface area contributed by atoms with Crippen LogP contribution in [0.4, 0.5) is 21.0 Å². The Morgan fingerprint density at radius 2 is 1.84 bits per heavy atom. The van der Waals surface area contributed by atoms with E-state index in [-0.39, 0.29) is 6.61 Å². The Bertz CT molecular complexity index is 750. The van der Waals surface area contributed by atoms with E-state index in [0.717, 1.165) is 37.3 Å². The summed E-state index contributed by atoms with van der Waals surface area (Å²) in [5.74, 6) is -0.239. The van der Waals surface area contributed by atoms with E-state index in [2.05, 4.69) is 31.1 Å². The lowest BCUT2D eigenvalue weighted by atomic mass is 10.0. The van der Waals surface area contributed by atoms with Gasteiger partial charge in [-0.3, -0.25) is 10.6 Å². The maximum absolute atomic E-state index is 12.1. The highest BCUT2D eigenvalue weighted by Gasteiger charge is 2.14. The first-order valence-corrected chi connectivity index (χ1v) is 10.6. The van der Waals surface area contributed by atoms with Crippen LogP contribution in [-0.4, -0.2) is 37.5 Å². The Labute approximate surface area is 184 Å². The number of anilines is 2. The minimum absolute atomic E-state index is 0.0816. The van der Waals surface area contributed by atoms with Crippen LogP contribution in [0.2, 0.25) is 0 Å². The van der Waals surface area contributed by atoms with E-state index in [1.54, 1.807) is 25.1 Å². The number of ether oxygens (including phenoxy) is 3. The van der Waals surface area contributed by atoms with Crippen molar-refractivity contribution in [3.05, 3.63) is 36.4 Å². The number of esters is 1. The third kappa shape index (κ3) is 10.5. The average molecular weight is 435 g/mol. The molecule has 1 aromatic carbocycles. The van der Waals surface area contributed by atoms with E-state index < -0.39 is 24.3 Å². The van der Waals surface area contributed by atoms with Gasteiger partial charge in [-0.1, -0.05) is 45.8 Å². The van der Waals surface area contributed by atoms with Crippen LogP contribution in [0.5, 0.6) is 0 Å². The van der Waals surface area contributed by atoms with Crippen molar-refractivity contribution in [2.45, 2.75) is 59.5 Å². The summed E-state index contributed by atoms with van der Waals surface area (Å²) >= 11 is 0. The Morgan fingerprint density at radius 1 is 1.10 bits per heavy atom. The van der Waals surface area contributed by atoms with Crippen LogP contribution in [0.25, 0.3) is 0 Å². The van der Waals surface area contributed by atoms with Crippen LogP contribution < -0.4 is 10.6 Å². The fraction of sp³-hybridized carbons (Fsp3) is 0.522. The fourth-order valence-corrected chi connectivity index (χ4v) is 2.69. The number of amides is 2. The largest absolute Gasteiger partial charge is 0.459 e. The molecular formula is C23H34N2O6. The van der Waals surface area contributed by atoms with Crippen molar-refractivity contribution in [1.29, 1.82) is 0 Å². The molecule has 0 aliphatic rings. The Balaban J connectivity index is 2.58. The van der Waals surface area contributed by atoms with Crippen molar-refractivity contribution >= 4 is 29.5 Å². The molecule has 8 heteroatoms. The smallest absolute Gasteiger partial charge is 0.412 e. The van der Waals surface area contributed by atoms with Gasteiger partial charge < -0.3 is 14.2 Å². The lowest BCUT2D eigenvalue weighted by molar-refractivity contribution is -0.140. The van der Waals surface area contributed by atoms with Crippen molar-refractivity contribution in [3.8, 4) is 0 Å². The zero-order valence-corrected chi connectivity index (χ0v) is 18.9. The molecule has 172 valence electrons. The van der Waals surface area contributed by atoms with Crippen LogP contribution >= 0.6 is 0 Å². The molecule has 0 aliphatic carbocycles. The molecule has 2 amide bonds. The van der Waals surface area contributed by atoms with Crippen LogP contribution in [-0.2, 0) is 19.0 Å². The van der Waals surface area contributed by atoms with E-state index in [9.17, 15) is 14.4 Å². The first-order chi connectivity index (χ1) is 14.8. The lowest BCUT2D eigenvalue weighted by Gasteiger charge is -2.16. The molecule has 0 aromatic heterocycles. The average Bonchev–Trinajstić information content (AvgIpc) is 2.74. The summed E-state index contributed by atoms with van der Waals surface area (Å²) in [5.41, 5.74) is 1.75. The van der Waals surface area contributed by atoms with Gasteiger partial charge in [0.1, 0.15) is 12.7 Å². The molecule has 0 spiro atoms. The molecule has 2 atom stereocenters. The van der Waals surface area contributed by atoms with Gasteiger partial charge in [0, 0.05) is 17.5 Å². The molecule has 1 aromatic rings. The van der Waals surface area contributed by atoms with Gasteiger partial charge in [0.25, 0.3) is 0 Å². The molecule has 2 unspecified atom stereocenters. The maximum atomic E-state index is 12.1. The molecule has 0 saturated heterocycles. The van der Waals surface area contributed by atoms with Crippen molar-refractivity contribution in [1.82, 2.24) is 0 Å². The van der Waals surface area contributed by atoms with Gasteiger partial charge in [-0.25, -0.2) is 14.4 Å². The van der Waals surface area contributed by atoms with Crippen LogP contribution in [0, 0.1) is 12.8 Å². The highest BCUT2D eigenvalue weighted by atomic mass is 16.6. The Morgan fingerprint density at radius 3 is 2.48 bits per heavy atom. The first-order valence-electron chi connectivity index (χ1n) is 10.6. The van der Waals surface area contributed by atoms with Gasteiger partial charge in [0.05, 0.1) is 6.61 Å². The zero-order valence-electron chi connectivity index (χ0n) is 18.9. The van der Waals surface area contributed by atoms with E-state index >= 15 is 0 Å². The summed E-state index contributed by atoms with van der Waals surface area (Å²) in [6.45, 7) is 11.2. The second-order valence-electron chi connectivity index (χ2n) is 7.34. The van der Waals surface area contributed by atoms with Gasteiger partial charge in [-0.2, -0.15) is 0 Å². The molecule has 0 aliphatic heterocycles. The van der Waals surface area contributed by atoms with Crippen LogP contribution in [0.3, 0.4) is 0 Å². The summed E-state index contributed by atoms with van der Waals surface area (Å²) < 4.78 is 15.3. The van der Waals surface area contributed by atoms with Gasteiger partial charge >= 0.3 is 18.2 Å². The molecule has 0 radical (unpaired) electrons. The predicted octanol–water partition coefficient (Wildman–Crippen LogP) is 5.43. The van der Waals surface area contributed by atoms with Crippen LogP contribution in [0.1, 0.15) is 52.0 Å². The molecule has 0 heterocycles. The Kier molecular flexibility index (Phi) is 11.8. The number of rotatable bonds is 12. The number of nitrogens with one attached hydrogen (secondary N) is 2. The van der Waals surface area contributed by atoms with E-state index in [1.807, 2.05) is 6.92 Å². The van der Waals surface area contributed by atoms with E-state index in [4.69, 9.17) is 14.2 Å². The third-order valence-electron chi connectivity index (χ3n) is 4.65. The summed E-state index contributed by atoms with van der Waals surface area (Å²) in [6.07, 6.45) is 3.38. The van der Waals surface area contributed by atoms with Crippen molar-refractivity contribution in [3.63, 3.8) is 0 Å². The summed E-state index contributed by atoms with van der Waals surface area (Å²) in [6, 6.07) is 5.10. The van der Waals surface area contributed by atoms with Crippen molar-refractivity contribution in [2.75, 3.05) is 23.8 Å². The van der Waals surface area contributed by atoms with Gasteiger partial charge in [-0.15, -0.1) is 0 Å². The van der Waals surface area contributed by atoms with Crippen LogP contribution in [0.15, 0.2) is 30.9 Å². The molecular weight excluding hydrogens is 400 g/mol. The highest BCUT2D eigenvalue weighted by Crippen LogP contribution is 2.21. The zero-order chi connectivity index (χ0) is 23.2. The minimum atomic E-state index is -0.702. The first kappa shape index (κ1) is 26.0. The summed E-state index contributed by atoms with van der Waals surface area (Å²) in [5, 5.41) is 5.30. The van der Waals surface area contributed by atoms with Crippen molar-refractivity contribution in [2.24, 2.45) is 5.92 Å². The number of benzene rings is 1. The molecule has 2 N–H and O–H groups in total. The number of carbonyl (C=O) groups excluding carboxylic acids is 3. The maximum Gasteiger partial charge on any atom is 0.412 e. The normalized spacial score (nSPS) is 12.3. The monoisotopic (exact) mass is 434 g/mol. The standard InChI is InChI=1S/C23H34N2O6/c1-6-9-10-18(7-2)15-30-22(27)24-19-12-11-16(4)20(13-19)25-23(28)31-17(5)14-29-21(26)8-3/h8,11-13,17-18H,3,6-7,9-10,14-15H2,1-2,4-5H3,(H,24,27)(H,25,28). The van der Waals surface area contributed by atoms with Gasteiger partial charge in [0.15, 0.2) is 0 Å². The lowest BCUT2D eigenvalue weighted by Crippen LogP contribution is -2.25. The number of unbranched alkanes of at least 4 members (excludes halogenated alkanes) is 1. The topological polar surface area (TPSA) is 103 Å². The van der Waals surface area contributed by atoms with Crippen molar-refractivity contribution < 1.29 is 28.6 Å². The van der Waals surface area contributed by atoms with Gasteiger partial charge in [-0.05, 0) is 43.9 Å². The minimum Gasteiger partial charge on any atom is -0.459 e. The number of carbonyl (C=O) groups is 3.